The van der Waals surface area contributed by atoms with Crippen LogP contribution < -0.4 is 0 Å². The summed E-state index contributed by atoms with van der Waals surface area (Å²) in [5.74, 6) is 0. The van der Waals surface area contributed by atoms with Gasteiger partial charge in [0.1, 0.15) is 0 Å². The van der Waals surface area contributed by atoms with Crippen molar-refractivity contribution in [3.05, 3.63) is 88.1 Å². The first-order valence-electron chi connectivity index (χ1n) is 6.51. The molecule has 0 radical (unpaired) electrons. The number of fused-ring (bicyclic) bond motifs is 1. The van der Waals surface area contributed by atoms with Crippen LogP contribution in [0.15, 0.2) is 66.7 Å². The highest BCUT2D eigenvalue weighted by Crippen LogP contribution is 2.19. The average molecular weight is 276 g/mol. The lowest BCUT2D eigenvalue weighted by atomic mass is 10.1. The summed E-state index contributed by atoms with van der Waals surface area (Å²) in [6.07, 6.45) is 1.50. The van der Waals surface area contributed by atoms with E-state index >= 15 is 0 Å². The lowest BCUT2D eigenvalue weighted by Gasteiger charge is -2.01. The number of hydrogen-bond acceptors (Lipinski definition) is 3. The summed E-state index contributed by atoms with van der Waals surface area (Å²) in [6, 6.07) is 20.2. The van der Waals surface area contributed by atoms with Gasteiger partial charge in [-0.15, -0.1) is 0 Å². The number of nitro groups is 1. The molecule has 0 fully saturated rings. The van der Waals surface area contributed by atoms with Crippen molar-refractivity contribution >= 4 is 22.7 Å². The second-order valence-corrected chi connectivity index (χ2v) is 4.58. The van der Waals surface area contributed by atoms with Gasteiger partial charge in [-0.2, -0.15) is 0 Å². The van der Waals surface area contributed by atoms with Crippen molar-refractivity contribution in [3.63, 3.8) is 0 Å². The Bertz CT molecular complexity index is 826. The van der Waals surface area contributed by atoms with E-state index in [4.69, 9.17) is 0 Å². The van der Waals surface area contributed by atoms with Gasteiger partial charge in [0.15, 0.2) is 0 Å². The first-order chi connectivity index (χ1) is 10.2. The molecule has 3 aromatic rings. The number of aromatic nitrogens is 1. The molecular weight excluding hydrogens is 264 g/mol. The molecule has 1 heterocycles. The average Bonchev–Trinajstić information content (AvgIpc) is 2.53. The van der Waals surface area contributed by atoms with Gasteiger partial charge < -0.3 is 0 Å². The van der Waals surface area contributed by atoms with Crippen molar-refractivity contribution in [2.45, 2.75) is 0 Å². The van der Waals surface area contributed by atoms with Crippen LogP contribution in [-0.4, -0.2) is 9.91 Å². The molecule has 3 rings (SSSR count). The number of benzene rings is 2. The van der Waals surface area contributed by atoms with Gasteiger partial charge in [-0.3, -0.25) is 10.1 Å². The van der Waals surface area contributed by atoms with Crippen LogP contribution in [-0.2, 0) is 0 Å². The van der Waals surface area contributed by atoms with E-state index in [1.807, 2.05) is 36.4 Å². The number of pyridine rings is 1. The summed E-state index contributed by atoms with van der Waals surface area (Å²) in [7, 11) is 0. The van der Waals surface area contributed by atoms with Gasteiger partial charge in [0.2, 0.25) is 0 Å². The summed E-state index contributed by atoms with van der Waals surface area (Å²) in [5, 5.41) is 12.3. The van der Waals surface area contributed by atoms with Gasteiger partial charge in [0.25, 0.3) is 5.70 Å². The molecule has 0 aliphatic rings. The van der Waals surface area contributed by atoms with Crippen molar-refractivity contribution in [1.29, 1.82) is 0 Å². The van der Waals surface area contributed by atoms with Gasteiger partial charge in [-0.25, -0.2) is 4.98 Å². The minimum atomic E-state index is -0.383. The Kier molecular flexibility index (Phi) is 3.43. The largest absolute Gasteiger partial charge is 0.278 e. The van der Waals surface area contributed by atoms with Crippen LogP contribution in [0.1, 0.15) is 11.3 Å². The molecule has 4 nitrogen and oxygen atoms in total. The van der Waals surface area contributed by atoms with Crippen LogP contribution in [0.25, 0.3) is 22.7 Å². The van der Waals surface area contributed by atoms with Crippen LogP contribution in [0.3, 0.4) is 0 Å². The zero-order valence-corrected chi connectivity index (χ0v) is 11.1. The summed E-state index contributed by atoms with van der Waals surface area (Å²) in [4.78, 5) is 15.3. The number of nitrogens with zero attached hydrogens (tertiary/aromatic N) is 2. The van der Waals surface area contributed by atoms with Crippen LogP contribution in [0, 0.1) is 10.1 Å². The highest BCUT2D eigenvalue weighted by atomic mass is 16.6. The molecule has 0 spiro atoms. The molecule has 1 aromatic heterocycles. The first kappa shape index (κ1) is 13.0. The maximum absolute atomic E-state index is 11.3. The maximum Gasteiger partial charge on any atom is 0.278 e. The molecule has 0 amide bonds. The van der Waals surface area contributed by atoms with Gasteiger partial charge in [0, 0.05) is 11.5 Å². The van der Waals surface area contributed by atoms with Crippen molar-refractivity contribution in [2.24, 2.45) is 0 Å². The summed E-state index contributed by atoms with van der Waals surface area (Å²) < 4.78 is 0. The van der Waals surface area contributed by atoms with Gasteiger partial charge in [-0.1, -0.05) is 42.5 Å². The van der Waals surface area contributed by atoms with E-state index in [-0.39, 0.29) is 10.6 Å². The molecule has 102 valence electrons. The Morgan fingerprint density at radius 1 is 0.952 bits per heavy atom. The third-order valence-electron chi connectivity index (χ3n) is 3.17. The highest BCUT2D eigenvalue weighted by Gasteiger charge is 2.14. The van der Waals surface area contributed by atoms with Crippen LogP contribution in [0.2, 0.25) is 0 Å². The normalized spacial score (nSPS) is 11.5. The molecule has 0 saturated heterocycles. The second kappa shape index (κ2) is 5.54. The predicted octanol–water partition coefficient (Wildman–Crippen LogP) is 4.01. The number of hydrogen-bond donors (Lipinski definition) is 0. The van der Waals surface area contributed by atoms with E-state index < -0.39 is 0 Å². The number of rotatable bonds is 3. The molecule has 0 N–H and O–H groups in total. The van der Waals surface area contributed by atoms with E-state index in [1.165, 1.54) is 6.08 Å². The molecule has 0 aliphatic carbocycles. The van der Waals surface area contributed by atoms with E-state index in [1.54, 1.807) is 30.3 Å². The fraction of sp³-hybridized carbons (Fsp3) is 0. The lowest BCUT2D eigenvalue weighted by Crippen LogP contribution is -1.98. The van der Waals surface area contributed by atoms with E-state index in [0.29, 0.717) is 11.3 Å². The Morgan fingerprint density at radius 2 is 1.67 bits per heavy atom. The zero-order valence-electron chi connectivity index (χ0n) is 11.1. The third kappa shape index (κ3) is 2.79. The van der Waals surface area contributed by atoms with E-state index in [2.05, 4.69) is 4.98 Å². The Hall–Kier alpha value is -3.01. The van der Waals surface area contributed by atoms with E-state index in [0.717, 1.165) is 10.9 Å². The van der Waals surface area contributed by atoms with Crippen molar-refractivity contribution in [3.8, 4) is 0 Å². The molecule has 2 aromatic carbocycles. The summed E-state index contributed by atoms with van der Waals surface area (Å²) >= 11 is 0. The van der Waals surface area contributed by atoms with Crippen molar-refractivity contribution < 1.29 is 4.92 Å². The SMILES string of the molecule is O=[N+]([O-])C(=Cc1ccc2ccccc2n1)c1ccccc1. The van der Waals surface area contributed by atoms with Crippen molar-refractivity contribution in [1.82, 2.24) is 4.98 Å². The molecular formula is C17H12N2O2. The monoisotopic (exact) mass is 276 g/mol. The second-order valence-electron chi connectivity index (χ2n) is 4.58. The Labute approximate surface area is 121 Å². The number of para-hydroxylation sites is 1. The quantitative estimate of drug-likeness (QED) is 0.536. The van der Waals surface area contributed by atoms with Crippen LogP contribution in [0.4, 0.5) is 0 Å². The van der Waals surface area contributed by atoms with Gasteiger partial charge in [-0.05, 0) is 24.3 Å². The van der Waals surface area contributed by atoms with Gasteiger partial charge >= 0.3 is 0 Å². The molecule has 0 aliphatic heterocycles. The zero-order chi connectivity index (χ0) is 14.7. The van der Waals surface area contributed by atoms with E-state index in [9.17, 15) is 10.1 Å². The maximum atomic E-state index is 11.3. The lowest BCUT2D eigenvalue weighted by molar-refractivity contribution is -0.374. The summed E-state index contributed by atoms with van der Waals surface area (Å²) in [5.41, 5.74) is 2.00. The molecule has 0 unspecified atom stereocenters. The topological polar surface area (TPSA) is 56.0 Å². The molecule has 0 atom stereocenters. The fourth-order valence-electron chi connectivity index (χ4n) is 2.15. The Morgan fingerprint density at radius 3 is 2.43 bits per heavy atom. The van der Waals surface area contributed by atoms with Gasteiger partial charge in [0.05, 0.1) is 21.7 Å². The van der Waals surface area contributed by atoms with Crippen LogP contribution in [0.5, 0.6) is 0 Å². The fourth-order valence-corrected chi connectivity index (χ4v) is 2.15. The predicted molar refractivity (Wildman–Crippen MR) is 83.1 cm³/mol. The molecule has 0 bridgehead atoms. The summed E-state index contributed by atoms with van der Waals surface area (Å²) in [6.45, 7) is 0. The van der Waals surface area contributed by atoms with Crippen molar-refractivity contribution in [2.75, 3.05) is 0 Å². The Balaban J connectivity index is 2.09. The highest BCUT2D eigenvalue weighted by molar-refractivity contribution is 5.82. The molecule has 4 heteroatoms. The molecule has 0 saturated carbocycles. The van der Waals surface area contributed by atoms with Crippen LogP contribution >= 0.6 is 0 Å². The molecule has 21 heavy (non-hydrogen) atoms. The smallest absolute Gasteiger partial charge is 0.258 e. The third-order valence-corrected chi connectivity index (χ3v) is 3.17. The minimum absolute atomic E-state index is 0.0402. The standard InChI is InChI=1S/C17H12N2O2/c20-19(21)17(14-7-2-1-3-8-14)12-15-11-10-13-6-4-5-9-16(13)18-15/h1-12H. The minimum Gasteiger partial charge on any atom is -0.258 e. The first-order valence-corrected chi connectivity index (χ1v) is 6.51.